The van der Waals surface area contributed by atoms with Crippen molar-refractivity contribution in [2.24, 2.45) is 0 Å². The highest BCUT2D eigenvalue weighted by atomic mass is 35.5. The second-order valence-corrected chi connectivity index (χ2v) is 7.79. The number of anilines is 3. The summed E-state index contributed by atoms with van der Waals surface area (Å²) in [5.41, 5.74) is 2.62. The minimum Gasteiger partial charge on any atom is -0.374 e. The molecule has 0 unspecified atom stereocenters. The number of likely N-dealkylation sites (N-methyl/N-ethyl adjacent to an activating group) is 1. The SMILES string of the molecule is CCN1CCN(c2ccc(N[C@@H](C)C(=O)Nc3cc(Cl)ccc3Cl)cc2)CC1. The van der Waals surface area contributed by atoms with Crippen molar-refractivity contribution < 1.29 is 4.79 Å². The highest BCUT2D eigenvalue weighted by Crippen LogP contribution is 2.26. The Hall–Kier alpha value is -1.95. The number of hydrogen-bond donors (Lipinski definition) is 2. The van der Waals surface area contributed by atoms with E-state index in [9.17, 15) is 4.79 Å². The van der Waals surface area contributed by atoms with Gasteiger partial charge in [-0.1, -0.05) is 30.1 Å². The normalized spacial score (nSPS) is 15.9. The van der Waals surface area contributed by atoms with Crippen LogP contribution in [0.25, 0.3) is 0 Å². The van der Waals surface area contributed by atoms with Crippen LogP contribution in [0, 0.1) is 0 Å². The van der Waals surface area contributed by atoms with Gasteiger partial charge in [0, 0.05) is 42.6 Å². The van der Waals surface area contributed by atoms with Crippen LogP contribution in [0.4, 0.5) is 17.1 Å². The van der Waals surface area contributed by atoms with Gasteiger partial charge in [-0.05, 0) is 55.9 Å². The molecular weight excluding hydrogens is 395 g/mol. The van der Waals surface area contributed by atoms with Crippen molar-refractivity contribution >= 4 is 46.2 Å². The zero-order valence-corrected chi connectivity index (χ0v) is 17.7. The van der Waals surface area contributed by atoms with Gasteiger partial charge in [0.25, 0.3) is 0 Å². The van der Waals surface area contributed by atoms with Crippen LogP contribution < -0.4 is 15.5 Å². The molecule has 0 bridgehead atoms. The highest BCUT2D eigenvalue weighted by Gasteiger charge is 2.17. The van der Waals surface area contributed by atoms with Gasteiger partial charge in [0.2, 0.25) is 5.91 Å². The molecule has 1 heterocycles. The van der Waals surface area contributed by atoms with E-state index in [1.165, 1.54) is 5.69 Å². The molecule has 0 saturated carbocycles. The fraction of sp³-hybridized carbons (Fsp3) is 0.381. The van der Waals surface area contributed by atoms with Gasteiger partial charge >= 0.3 is 0 Å². The van der Waals surface area contributed by atoms with E-state index in [1.54, 1.807) is 18.2 Å². The Bertz CT molecular complexity index is 805. The zero-order valence-electron chi connectivity index (χ0n) is 16.2. The predicted octanol–water partition coefficient (Wildman–Crippen LogP) is 4.57. The molecule has 1 aliphatic heterocycles. The number of nitrogens with one attached hydrogen (secondary N) is 2. The molecule has 0 spiro atoms. The molecule has 1 saturated heterocycles. The molecule has 0 aromatic heterocycles. The highest BCUT2D eigenvalue weighted by molar-refractivity contribution is 6.35. The third-order valence-electron chi connectivity index (χ3n) is 5.01. The second kappa shape index (κ2) is 9.50. The summed E-state index contributed by atoms with van der Waals surface area (Å²) in [5.74, 6) is -0.177. The first-order valence-electron chi connectivity index (χ1n) is 9.56. The summed E-state index contributed by atoms with van der Waals surface area (Å²) in [6.45, 7) is 9.40. The summed E-state index contributed by atoms with van der Waals surface area (Å²) in [4.78, 5) is 17.3. The molecule has 28 heavy (non-hydrogen) atoms. The molecule has 1 aliphatic rings. The smallest absolute Gasteiger partial charge is 0.246 e. The van der Waals surface area contributed by atoms with Gasteiger partial charge < -0.3 is 20.4 Å². The quantitative estimate of drug-likeness (QED) is 0.717. The zero-order chi connectivity index (χ0) is 20.1. The summed E-state index contributed by atoms with van der Waals surface area (Å²) in [7, 11) is 0. The minimum atomic E-state index is -0.422. The molecule has 5 nitrogen and oxygen atoms in total. The first-order chi connectivity index (χ1) is 13.5. The van der Waals surface area contributed by atoms with Crippen LogP contribution in [0.5, 0.6) is 0 Å². The number of carbonyl (C=O) groups is 1. The topological polar surface area (TPSA) is 47.6 Å². The molecule has 1 fully saturated rings. The second-order valence-electron chi connectivity index (χ2n) is 6.95. The lowest BCUT2D eigenvalue weighted by molar-refractivity contribution is -0.116. The maximum absolute atomic E-state index is 12.5. The first-order valence-corrected chi connectivity index (χ1v) is 10.3. The van der Waals surface area contributed by atoms with Crippen LogP contribution in [0.2, 0.25) is 10.0 Å². The number of halogens is 2. The number of amides is 1. The third kappa shape index (κ3) is 5.31. The van der Waals surface area contributed by atoms with E-state index in [0.29, 0.717) is 15.7 Å². The Balaban J connectivity index is 1.56. The maximum atomic E-state index is 12.5. The van der Waals surface area contributed by atoms with Crippen LogP contribution in [0.1, 0.15) is 13.8 Å². The average Bonchev–Trinajstić information content (AvgIpc) is 2.71. The van der Waals surface area contributed by atoms with Crippen LogP contribution in [0.15, 0.2) is 42.5 Å². The molecule has 150 valence electrons. The Labute approximate surface area is 176 Å². The molecule has 3 rings (SSSR count). The first kappa shape index (κ1) is 20.8. The van der Waals surface area contributed by atoms with Crippen LogP contribution >= 0.6 is 23.2 Å². The molecule has 2 aromatic rings. The van der Waals surface area contributed by atoms with Crippen molar-refractivity contribution in [3.05, 3.63) is 52.5 Å². The van der Waals surface area contributed by atoms with E-state index >= 15 is 0 Å². The average molecular weight is 421 g/mol. The molecular formula is C21H26Cl2N4O. The summed E-state index contributed by atoms with van der Waals surface area (Å²) in [6.07, 6.45) is 0. The summed E-state index contributed by atoms with van der Waals surface area (Å²) < 4.78 is 0. The summed E-state index contributed by atoms with van der Waals surface area (Å²) in [6, 6.07) is 12.8. The Morgan fingerprint density at radius 1 is 1.07 bits per heavy atom. The Kier molecular flexibility index (Phi) is 7.05. The van der Waals surface area contributed by atoms with Gasteiger partial charge in [-0.15, -0.1) is 0 Å². The molecule has 0 radical (unpaired) electrons. The lowest BCUT2D eigenvalue weighted by Gasteiger charge is -2.35. The Morgan fingerprint density at radius 3 is 2.39 bits per heavy atom. The van der Waals surface area contributed by atoms with E-state index in [2.05, 4.69) is 39.5 Å². The fourth-order valence-electron chi connectivity index (χ4n) is 3.24. The van der Waals surface area contributed by atoms with Crippen LogP contribution in [-0.2, 0) is 4.79 Å². The standard InChI is InChI=1S/C21H26Cl2N4O/c1-3-26-10-12-27(13-11-26)18-7-5-17(6-8-18)24-15(2)21(28)25-20-14-16(22)4-9-19(20)23/h4-9,14-15,24H,3,10-13H2,1-2H3,(H,25,28)/t15-/m0/s1. The van der Waals surface area contributed by atoms with Gasteiger partial charge in [0.1, 0.15) is 6.04 Å². The number of hydrogen-bond acceptors (Lipinski definition) is 4. The molecule has 2 N–H and O–H groups in total. The van der Waals surface area contributed by atoms with Crippen molar-refractivity contribution in [1.82, 2.24) is 4.90 Å². The summed E-state index contributed by atoms with van der Waals surface area (Å²) in [5, 5.41) is 7.02. The molecule has 1 amide bonds. The predicted molar refractivity (Wildman–Crippen MR) is 119 cm³/mol. The van der Waals surface area contributed by atoms with Crippen molar-refractivity contribution in [2.45, 2.75) is 19.9 Å². The fourth-order valence-corrected chi connectivity index (χ4v) is 3.58. The summed E-state index contributed by atoms with van der Waals surface area (Å²) >= 11 is 12.1. The molecule has 1 atom stereocenters. The van der Waals surface area contributed by atoms with Crippen LogP contribution in [0.3, 0.4) is 0 Å². The van der Waals surface area contributed by atoms with Gasteiger partial charge in [-0.25, -0.2) is 0 Å². The van der Waals surface area contributed by atoms with Crippen molar-refractivity contribution in [3.8, 4) is 0 Å². The van der Waals surface area contributed by atoms with Crippen molar-refractivity contribution in [1.29, 1.82) is 0 Å². The monoisotopic (exact) mass is 420 g/mol. The van der Waals surface area contributed by atoms with E-state index in [0.717, 1.165) is 38.4 Å². The molecule has 0 aliphatic carbocycles. The van der Waals surface area contributed by atoms with E-state index in [4.69, 9.17) is 23.2 Å². The molecule has 2 aromatic carbocycles. The number of piperazine rings is 1. The van der Waals surface area contributed by atoms with E-state index < -0.39 is 6.04 Å². The van der Waals surface area contributed by atoms with E-state index in [1.807, 2.05) is 19.1 Å². The lowest BCUT2D eigenvalue weighted by Crippen LogP contribution is -2.46. The Morgan fingerprint density at radius 2 is 1.75 bits per heavy atom. The van der Waals surface area contributed by atoms with Crippen molar-refractivity contribution in [2.75, 3.05) is 48.3 Å². The van der Waals surface area contributed by atoms with Crippen molar-refractivity contribution in [3.63, 3.8) is 0 Å². The third-order valence-corrected chi connectivity index (χ3v) is 5.58. The number of nitrogens with zero attached hydrogens (tertiary/aromatic N) is 2. The number of benzene rings is 2. The minimum absolute atomic E-state index is 0.177. The lowest BCUT2D eigenvalue weighted by atomic mass is 10.2. The molecule has 7 heteroatoms. The van der Waals surface area contributed by atoms with E-state index in [-0.39, 0.29) is 5.91 Å². The van der Waals surface area contributed by atoms with Gasteiger partial charge in [0.05, 0.1) is 10.7 Å². The maximum Gasteiger partial charge on any atom is 0.246 e. The van der Waals surface area contributed by atoms with Gasteiger partial charge in [0.15, 0.2) is 0 Å². The van der Waals surface area contributed by atoms with Gasteiger partial charge in [-0.3, -0.25) is 4.79 Å². The van der Waals surface area contributed by atoms with Crippen LogP contribution in [-0.4, -0.2) is 49.6 Å². The number of rotatable bonds is 6. The largest absolute Gasteiger partial charge is 0.374 e. The number of carbonyl (C=O) groups excluding carboxylic acids is 1. The van der Waals surface area contributed by atoms with Gasteiger partial charge in [-0.2, -0.15) is 0 Å².